The number of aliphatic hydroxyl groups excluding tert-OH is 1. The van der Waals surface area contributed by atoms with Crippen molar-refractivity contribution in [2.75, 3.05) is 19.8 Å². The van der Waals surface area contributed by atoms with E-state index in [9.17, 15) is 9.90 Å². The Balaban J connectivity index is 2.02. The van der Waals surface area contributed by atoms with E-state index in [-0.39, 0.29) is 12.1 Å². The van der Waals surface area contributed by atoms with Gasteiger partial charge in [-0.25, -0.2) is 0 Å². The molecule has 4 heteroatoms. The first kappa shape index (κ1) is 14.2. The Labute approximate surface area is 114 Å². The molecule has 1 aliphatic heterocycles. The second-order valence-electron chi connectivity index (χ2n) is 5.02. The molecule has 1 saturated heterocycles. The second kappa shape index (κ2) is 6.80. The van der Waals surface area contributed by atoms with E-state index >= 15 is 0 Å². The Morgan fingerprint density at radius 2 is 2.16 bits per heavy atom. The molecular weight excluding hydrogens is 242 g/mol. The molecule has 0 saturated carbocycles. The highest BCUT2D eigenvalue weighted by Gasteiger charge is 2.33. The lowest BCUT2D eigenvalue weighted by atomic mass is 10.0. The molecule has 2 rings (SSSR count). The van der Waals surface area contributed by atoms with Crippen molar-refractivity contribution in [1.29, 1.82) is 0 Å². The zero-order chi connectivity index (χ0) is 13.7. The average molecular weight is 263 g/mol. The van der Waals surface area contributed by atoms with Gasteiger partial charge in [0.15, 0.2) is 0 Å². The number of carbonyl (C=O) groups is 1. The number of benzene rings is 1. The van der Waals surface area contributed by atoms with Crippen molar-refractivity contribution < 1.29 is 14.6 Å². The normalized spacial score (nSPS) is 26.0. The van der Waals surface area contributed by atoms with Crippen LogP contribution in [0.25, 0.3) is 0 Å². The SMILES string of the molecule is CC(O)C1COCC(C=O)N1CCc1ccccc1. The summed E-state index contributed by atoms with van der Waals surface area (Å²) in [7, 11) is 0. The maximum absolute atomic E-state index is 11.1. The van der Waals surface area contributed by atoms with Gasteiger partial charge < -0.3 is 14.6 Å². The monoisotopic (exact) mass is 263 g/mol. The molecule has 3 unspecified atom stereocenters. The topological polar surface area (TPSA) is 49.8 Å². The number of ether oxygens (including phenoxy) is 1. The van der Waals surface area contributed by atoms with Crippen molar-refractivity contribution in [3.63, 3.8) is 0 Å². The van der Waals surface area contributed by atoms with E-state index in [1.165, 1.54) is 5.56 Å². The molecule has 19 heavy (non-hydrogen) atoms. The van der Waals surface area contributed by atoms with Crippen LogP contribution in [-0.2, 0) is 16.0 Å². The van der Waals surface area contributed by atoms with E-state index in [4.69, 9.17) is 4.74 Å². The van der Waals surface area contributed by atoms with Gasteiger partial charge in [-0.1, -0.05) is 30.3 Å². The van der Waals surface area contributed by atoms with Crippen molar-refractivity contribution >= 4 is 6.29 Å². The average Bonchev–Trinajstić information content (AvgIpc) is 2.45. The first-order chi connectivity index (χ1) is 9.22. The number of aliphatic hydroxyl groups is 1. The third-order valence-electron chi connectivity index (χ3n) is 3.64. The lowest BCUT2D eigenvalue weighted by Crippen LogP contribution is -2.57. The molecule has 104 valence electrons. The molecule has 3 atom stereocenters. The van der Waals surface area contributed by atoms with Crippen LogP contribution < -0.4 is 0 Å². The van der Waals surface area contributed by atoms with Gasteiger partial charge in [-0.15, -0.1) is 0 Å². The van der Waals surface area contributed by atoms with Crippen LogP contribution in [0.5, 0.6) is 0 Å². The summed E-state index contributed by atoms with van der Waals surface area (Å²) in [5.41, 5.74) is 1.24. The lowest BCUT2D eigenvalue weighted by molar-refractivity contribution is -0.127. The number of hydrogen-bond acceptors (Lipinski definition) is 4. The standard InChI is InChI=1S/C15H21NO3/c1-12(18)15-11-19-10-14(9-17)16(15)8-7-13-5-3-2-4-6-13/h2-6,9,12,14-15,18H,7-8,10-11H2,1H3. The Hall–Kier alpha value is -1.23. The van der Waals surface area contributed by atoms with Gasteiger partial charge in [0.25, 0.3) is 0 Å². The Bertz CT molecular complexity index is 394. The summed E-state index contributed by atoms with van der Waals surface area (Å²) in [6.45, 7) is 3.40. The highest BCUT2D eigenvalue weighted by Crippen LogP contribution is 2.16. The molecule has 0 spiro atoms. The van der Waals surface area contributed by atoms with Crippen molar-refractivity contribution in [2.24, 2.45) is 0 Å². The second-order valence-corrected chi connectivity index (χ2v) is 5.02. The summed E-state index contributed by atoms with van der Waals surface area (Å²) in [5.74, 6) is 0. The van der Waals surface area contributed by atoms with Crippen LogP contribution in [0, 0.1) is 0 Å². The summed E-state index contributed by atoms with van der Waals surface area (Å²) < 4.78 is 5.40. The van der Waals surface area contributed by atoms with Crippen molar-refractivity contribution in [2.45, 2.75) is 31.5 Å². The smallest absolute Gasteiger partial charge is 0.139 e. The number of aldehydes is 1. The summed E-state index contributed by atoms with van der Waals surface area (Å²) in [6.07, 6.45) is 1.28. The van der Waals surface area contributed by atoms with Gasteiger partial charge in [-0.05, 0) is 18.9 Å². The number of carbonyl (C=O) groups excluding carboxylic acids is 1. The fourth-order valence-corrected chi connectivity index (χ4v) is 2.52. The minimum atomic E-state index is -0.501. The van der Waals surface area contributed by atoms with Crippen molar-refractivity contribution in [1.82, 2.24) is 4.90 Å². The predicted molar refractivity (Wildman–Crippen MR) is 73.0 cm³/mol. The van der Waals surface area contributed by atoms with Gasteiger partial charge in [-0.3, -0.25) is 4.90 Å². The Kier molecular flexibility index (Phi) is 5.07. The fraction of sp³-hybridized carbons (Fsp3) is 0.533. The Morgan fingerprint density at radius 1 is 1.42 bits per heavy atom. The zero-order valence-corrected chi connectivity index (χ0v) is 11.2. The number of nitrogens with zero attached hydrogens (tertiary/aromatic N) is 1. The highest BCUT2D eigenvalue weighted by atomic mass is 16.5. The summed E-state index contributed by atoms with van der Waals surface area (Å²) in [4.78, 5) is 13.2. The summed E-state index contributed by atoms with van der Waals surface area (Å²) in [6, 6.07) is 9.81. The van der Waals surface area contributed by atoms with Crippen LogP contribution in [0.2, 0.25) is 0 Å². The van der Waals surface area contributed by atoms with Crippen LogP contribution >= 0.6 is 0 Å². The number of rotatable bonds is 5. The highest BCUT2D eigenvalue weighted by molar-refractivity contribution is 5.58. The van der Waals surface area contributed by atoms with E-state index in [1.54, 1.807) is 6.92 Å². The molecule has 0 amide bonds. The van der Waals surface area contributed by atoms with Crippen LogP contribution in [0.15, 0.2) is 30.3 Å². The molecular formula is C15H21NO3. The molecule has 1 aromatic carbocycles. The van der Waals surface area contributed by atoms with E-state index in [0.717, 1.165) is 19.3 Å². The molecule has 0 aliphatic carbocycles. The van der Waals surface area contributed by atoms with Gasteiger partial charge in [-0.2, -0.15) is 0 Å². The molecule has 0 aromatic heterocycles. The van der Waals surface area contributed by atoms with Gasteiger partial charge in [0.05, 0.1) is 31.4 Å². The van der Waals surface area contributed by atoms with E-state index in [2.05, 4.69) is 17.0 Å². The first-order valence-electron chi connectivity index (χ1n) is 6.73. The van der Waals surface area contributed by atoms with E-state index in [1.807, 2.05) is 18.2 Å². The fourth-order valence-electron chi connectivity index (χ4n) is 2.52. The molecule has 1 heterocycles. The molecule has 1 N–H and O–H groups in total. The molecule has 4 nitrogen and oxygen atoms in total. The molecule has 1 aliphatic rings. The van der Waals surface area contributed by atoms with E-state index in [0.29, 0.717) is 13.2 Å². The molecule has 0 radical (unpaired) electrons. The maximum atomic E-state index is 11.1. The quantitative estimate of drug-likeness (QED) is 0.801. The Morgan fingerprint density at radius 3 is 2.79 bits per heavy atom. The van der Waals surface area contributed by atoms with Gasteiger partial charge in [0.1, 0.15) is 6.29 Å². The molecule has 1 aromatic rings. The minimum absolute atomic E-state index is 0.104. The summed E-state index contributed by atoms with van der Waals surface area (Å²) >= 11 is 0. The van der Waals surface area contributed by atoms with Crippen LogP contribution in [0.3, 0.4) is 0 Å². The predicted octanol–water partition coefficient (Wildman–Crippen LogP) is 0.878. The number of morpholine rings is 1. The summed E-state index contributed by atoms with van der Waals surface area (Å²) in [5, 5.41) is 9.82. The largest absolute Gasteiger partial charge is 0.392 e. The first-order valence-corrected chi connectivity index (χ1v) is 6.73. The zero-order valence-electron chi connectivity index (χ0n) is 11.2. The van der Waals surface area contributed by atoms with Crippen LogP contribution in [0.4, 0.5) is 0 Å². The van der Waals surface area contributed by atoms with Crippen molar-refractivity contribution in [3.05, 3.63) is 35.9 Å². The third kappa shape index (κ3) is 3.62. The minimum Gasteiger partial charge on any atom is -0.392 e. The van der Waals surface area contributed by atoms with Crippen LogP contribution in [-0.4, -0.2) is 54.2 Å². The number of hydrogen-bond donors (Lipinski definition) is 1. The van der Waals surface area contributed by atoms with Crippen molar-refractivity contribution in [3.8, 4) is 0 Å². The van der Waals surface area contributed by atoms with Gasteiger partial charge in [0, 0.05) is 6.54 Å². The van der Waals surface area contributed by atoms with Gasteiger partial charge >= 0.3 is 0 Å². The van der Waals surface area contributed by atoms with Crippen LogP contribution in [0.1, 0.15) is 12.5 Å². The third-order valence-corrected chi connectivity index (χ3v) is 3.64. The maximum Gasteiger partial charge on any atom is 0.139 e. The van der Waals surface area contributed by atoms with E-state index < -0.39 is 6.10 Å². The molecule has 0 bridgehead atoms. The molecule has 1 fully saturated rings. The lowest BCUT2D eigenvalue weighted by Gasteiger charge is -2.41. The van der Waals surface area contributed by atoms with Gasteiger partial charge in [0.2, 0.25) is 0 Å².